The number of aryl methyl sites for hydroxylation is 1. The molecule has 1 fully saturated rings. The lowest BCUT2D eigenvalue weighted by atomic mass is 9.72. The van der Waals surface area contributed by atoms with Crippen LogP contribution in [0.3, 0.4) is 0 Å². The molecule has 0 unspecified atom stereocenters. The number of hydrogen-bond donors (Lipinski definition) is 2. The summed E-state index contributed by atoms with van der Waals surface area (Å²) in [5.41, 5.74) is 4.03. The molecule has 38 heavy (non-hydrogen) atoms. The standard InChI is InChI=1S/C29H30F3N3O3/c1-18-3-6-22(34-27(37)20-7-8-33-25(12-20)28(2,31)32)13-23(18)19-4-5-21-14-29(16-30,17-36)26-15-38-10-9-35(26)24(21)11-19/h3-8,11-13,26,36H,9-10,14-17H2,1-2H3,(H,34,37)/t26-,29-/m1/s1. The second-order valence-corrected chi connectivity index (χ2v) is 10.3. The van der Waals surface area contributed by atoms with Gasteiger partial charge in [-0.1, -0.05) is 18.2 Å². The van der Waals surface area contributed by atoms with E-state index in [1.54, 1.807) is 6.07 Å². The van der Waals surface area contributed by atoms with Crippen molar-refractivity contribution in [3.05, 3.63) is 77.1 Å². The summed E-state index contributed by atoms with van der Waals surface area (Å²) in [6.07, 6.45) is 1.61. The van der Waals surface area contributed by atoms with Gasteiger partial charge in [-0.3, -0.25) is 14.2 Å². The number of ether oxygens (including phenoxy) is 1. The molecule has 2 aliphatic heterocycles. The first-order chi connectivity index (χ1) is 18.1. The zero-order valence-corrected chi connectivity index (χ0v) is 21.3. The third-order valence-electron chi connectivity index (χ3n) is 7.63. The summed E-state index contributed by atoms with van der Waals surface area (Å²) in [5.74, 6) is -3.67. The molecule has 0 spiro atoms. The van der Waals surface area contributed by atoms with E-state index in [9.17, 15) is 23.1 Å². The number of rotatable bonds is 6. The van der Waals surface area contributed by atoms with Crippen LogP contribution in [0.15, 0.2) is 54.7 Å². The predicted octanol–water partition coefficient (Wildman–Crippen LogP) is 5.13. The Morgan fingerprint density at radius 3 is 2.79 bits per heavy atom. The first-order valence-corrected chi connectivity index (χ1v) is 12.6. The maximum atomic E-state index is 14.2. The molecule has 0 aliphatic carbocycles. The van der Waals surface area contributed by atoms with Gasteiger partial charge in [0.2, 0.25) is 0 Å². The van der Waals surface area contributed by atoms with Crippen molar-refractivity contribution in [2.45, 2.75) is 32.2 Å². The van der Waals surface area contributed by atoms with Crippen molar-refractivity contribution in [1.29, 1.82) is 0 Å². The number of fused-ring (bicyclic) bond motifs is 3. The maximum Gasteiger partial charge on any atom is 0.286 e. The smallest absolute Gasteiger partial charge is 0.286 e. The quantitative estimate of drug-likeness (QED) is 0.467. The van der Waals surface area contributed by atoms with Crippen LogP contribution in [-0.2, 0) is 17.1 Å². The van der Waals surface area contributed by atoms with Crippen molar-refractivity contribution in [2.75, 3.05) is 43.3 Å². The minimum atomic E-state index is -3.15. The number of aliphatic hydroxyl groups excluding tert-OH is 1. The van der Waals surface area contributed by atoms with Crippen LogP contribution in [0.4, 0.5) is 24.5 Å². The number of nitrogens with zero attached hydrogens (tertiary/aromatic N) is 2. The number of pyridine rings is 1. The highest BCUT2D eigenvalue weighted by Crippen LogP contribution is 2.44. The predicted molar refractivity (Wildman–Crippen MR) is 140 cm³/mol. The van der Waals surface area contributed by atoms with E-state index in [0.717, 1.165) is 40.9 Å². The summed E-state index contributed by atoms with van der Waals surface area (Å²) in [6.45, 7) is 3.29. The maximum absolute atomic E-state index is 14.2. The molecule has 1 aromatic heterocycles. The number of benzene rings is 2. The van der Waals surface area contributed by atoms with E-state index in [2.05, 4.69) is 21.3 Å². The molecular formula is C29H30F3N3O3. The molecule has 200 valence electrons. The number of aromatic nitrogens is 1. The Balaban J connectivity index is 1.45. The number of amides is 1. The number of anilines is 2. The van der Waals surface area contributed by atoms with Gasteiger partial charge in [-0.25, -0.2) is 0 Å². The van der Waals surface area contributed by atoms with E-state index in [1.807, 2.05) is 31.2 Å². The van der Waals surface area contributed by atoms with Gasteiger partial charge in [-0.2, -0.15) is 8.78 Å². The van der Waals surface area contributed by atoms with Crippen LogP contribution in [-0.4, -0.2) is 55.1 Å². The molecule has 0 bridgehead atoms. The van der Waals surface area contributed by atoms with Gasteiger partial charge in [-0.15, -0.1) is 0 Å². The third-order valence-corrected chi connectivity index (χ3v) is 7.63. The lowest BCUT2D eigenvalue weighted by Gasteiger charge is -2.51. The van der Waals surface area contributed by atoms with Crippen LogP contribution in [0.2, 0.25) is 0 Å². The first kappa shape index (κ1) is 26.2. The fraction of sp³-hybridized carbons (Fsp3) is 0.379. The minimum absolute atomic E-state index is 0.0889. The molecule has 6 nitrogen and oxygen atoms in total. The summed E-state index contributed by atoms with van der Waals surface area (Å²) >= 11 is 0. The highest BCUT2D eigenvalue weighted by Gasteiger charge is 2.47. The van der Waals surface area contributed by atoms with E-state index < -0.39 is 29.6 Å². The monoisotopic (exact) mass is 525 g/mol. The van der Waals surface area contributed by atoms with Crippen molar-refractivity contribution in [1.82, 2.24) is 4.98 Å². The Bertz CT molecular complexity index is 1350. The average molecular weight is 526 g/mol. The van der Waals surface area contributed by atoms with Crippen molar-refractivity contribution < 1.29 is 27.8 Å². The molecule has 2 atom stereocenters. The van der Waals surface area contributed by atoms with Crippen LogP contribution in [0.5, 0.6) is 0 Å². The Morgan fingerprint density at radius 1 is 1.24 bits per heavy atom. The Labute approximate surface area is 219 Å². The van der Waals surface area contributed by atoms with E-state index in [4.69, 9.17) is 4.74 Å². The van der Waals surface area contributed by atoms with Crippen LogP contribution in [0.1, 0.15) is 34.1 Å². The molecular weight excluding hydrogens is 495 g/mol. The number of halogens is 3. The Kier molecular flexibility index (Phi) is 6.92. The van der Waals surface area contributed by atoms with Gasteiger partial charge in [0.05, 0.1) is 32.5 Å². The Morgan fingerprint density at radius 2 is 2.05 bits per heavy atom. The van der Waals surface area contributed by atoms with Gasteiger partial charge >= 0.3 is 0 Å². The van der Waals surface area contributed by atoms with Crippen LogP contribution >= 0.6 is 0 Å². The highest BCUT2D eigenvalue weighted by molar-refractivity contribution is 6.04. The van der Waals surface area contributed by atoms with Crippen molar-refractivity contribution in [3.8, 4) is 11.1 Å². The van der Waals surface area contributed by atoms with Gasteiger partial charge in [0.15, 0.2) is 0 Å². The lowest BCUT2D eigenvalue weighted by molar-refractivity contribution is -0.00680. The van der Waals surface area contributed by atoms with Gasteiger partial charge in [0, 0.05) is 42.0 Å². The summed E-state index contributed by atoms with van der Waals surface area (Å²) in [4.78, 5) is 18.7. The normalized spacial score (nSPS) is 21.0. The average Bonchev–Trinajstić information content (AvgIpc) is 2.93. The molecule has 2 N–H and O–H groups in total. The zero-order chi connectivity index (χ0) is 27.1. The Hall–Kier alpha value is -3.43. The van der Waals surface area contributed by atoms with Gasteiger partial charge in [0.1, 0.15) is 5.69 Å². The molecule has 5 rings (SSSR count). The topological polar surface area (TPSA) is 74.7 Å². The van der Waals surface area contributed by atoms with Gasteiger partial charge in [-0.05, 0) is 65.9 Å². The highest BCUT2D eigenvalue weighted by atomic mass is 19.3. The summed E-state index contributed by atoms with van der Waals surface area (Å²) in [6, 6.07) is 13.7. The number of aliphatic hydroxyl groups is 1. The molecule has 9 heteroatoms. The van der Waals surface area contributed by atoms with Crippen molar-refractivity contribution in [3.63, 3.8) is 0 Å². The van der Waals surface area contributed by atoms with Gasteiger partial charge in [0.25, 0.3) is 11.8 Å². The van der Waals surface area contributed by atoms with Crippen LogP contribution in [0, 0.1) is 12.3 Å². The lowest BCUT2D eigenvalue weighted by Crippen LogP contribution is -2.61. The number of alkyl halides is 3. The number of nitrogens with one attached hydrogen (secondary N) is 1. The van der Waals surface area contributed by atoms with Crippen molar-refractivity contribution in [2.24, 2.45) is 5.41 Å². The molecule has 1 amide bonds. The van der Waals surface area contributed by atoms with Gasteiger partial charge < -0.3 is 20.1 Å². The molecule has 2 aliphatic rings. The molecule has 3 aromatic rings. The molecule has 2 aromatic carbocycles. The van der Waals surface area contributed by atoms with Crippen LogP contribution < -0.4 is 10.2 Å². The third kappa shape index (κ3) is 4.76. The van der Waals surface area contributed by atoms with Crippen molar-refractivity contribution >= 4 is 17.3 Å². The van der Waals surface area contributed by atoms with Crippen LogP contribution in [0.25, 0.3) is 11.1 Å². The SMILES string of the molecule is Cc1ccc(NC(=O)c2ccnc(C(C)(F)F)c2)cc1-c1ccc2c(c1)N1CCOC[C@@H]1[C@@](CO)(CF)C2. The van der Waals surface area contributed by atoms with E-state index in [-0.39, 0.29) is 18.2 Å². The summed E-state index contributed by atoms with van der Waals surface area (Å²) < 4.78 is 47.3. The molecule has 1 saturated heterocycles. The van der Waals surface area contributed by atoms with E-state index >= 15 is 0 Å². The molecule has 0 radical (unpaired) electrons. The number of hydrogen-bond acceptors (Lipinski definition) is 5. The second-order valence-electron chi connectivity index (χ2n) is 10.3. The fourth-order valence-electron chi connectivity index (χ4n) is 5.41. The molecule has 0 saturated carbocycles. The summed E-state index contributed by atoms with van der Waals surface area (Å²) in [7, 11) is 0. The fourth-order valence-corrected chi connectivity index (χ4v) is 5.41. The number of carbonyl (C=O) groups excluding carboxylic acids is 1. The number of morpholine rings is 1. The number of carbonyl (C=O) groups is 1. The minimum Gasteiger partial charge on any atom is -0.396 e. The summed E-state index contributed by atoms with van der Waals surface area (Å²) in [5, 5.41) is 12.9. The molecule has 3 heterocycles. The van der Waals surface area contributed by atoms with E-state index in [1.165, 1.54) is 12.3 Å². The van der Waals surface area contributed by atoms with E-state index in [0.29, 0.717) is 31.9 Å². The largest absolute Gasteiger partial charge is 0.396 e. The first-order valence-electron chi connectivity index (χ1n) is 12.6. The zero-order valence-electron chi connectivity index (χ0n) is 21.3. The second kappa shape index (κ2) is 10.0.